The predicted octanol–water partition coefficient (Wildman–Crippen LogP) is 2.01. The molecule has 0 aromatic heterocycles. The van der Waals surface area contributed by atoms with E-state index in [1.165, 1.54) is 6.07 Å². The van der Waals surface area contributed by atoms with Gasteiger partial charge in [-0.2, -0.15) is 13.2 Å². The van der Waals surface area contributed by atoms with Crippen LogP contribution < -0.4 is 0 Å². The summed E-state index contributed by atoms with van der Waals surface area (Å²) in [6.45, 7) is -0.740. The molecule has 0 atom stereocenters. The van der Waals surface area contributed by atoms with Crippen LogP contribution in [-0.2, 0) is 12.8 Å². The molecule has 0 radical (unpaired) electrons. The van der Waals surface area contributed by atoms with Crippen LogP contribution >= 0.6 is 0 Å². The van der Waals surface area contributed by atoms with Crippen molar-refractivity contribution in [3.05, 3.63) is 34.9 Å². The van der Waals surface area contributed by atoms with Gasteiger partial charge in [0, 0.05) is 5.56 Å². The van der Waals surface area contributed by atoms with Gasteiger partial charge in [-0.25, -0.2) is 0 Å². The highest BCUT2D eigenvalue weighted by molar-refractivity contribution is 5.78. The van der Waals surface area contributed by atoms with Crippen LogP contribution in [0, 0.1) is 0 Å². The van der Waals surface area contributed by atoms with E-state index in [9.17, 15) is 18.0 Å². The van der Waals surface area contributed by atoms with Gasteiger partial charge in [0.05, 0.1) is 12.2 Å². The highest BCUT2D eigenvalue weighted by atomic mass is 19.4. The minimum absolute atomic E-state index is 0.127. The fraction of sp³-hybridized carbons (Fsp3) is 0.222. The highest BCUT2D eigenvalue weighted by Gasteiger charge is 2.35. The van der Waals surface area contributed by atoms with Gasteiger partial charge < -0.3 is 5.11 Å². The minimum Gasteiger partial charge on any atom is -0.392 e. The number of aliphatic hydroxyl groups is 1. The quantitative estimate of drug-likeness (QED) is 0.748. The van der Waals surface area contributed by atoms with E-state index >= 15 is 0 Å². The second kappa shape index (κ2) is 3.79. The van der Waals surface area contributed by atoms with E-state index in [0.29, 0.717) is 0 Å². The van der Waals surface area contributed by atoms with Crippen LogP contribution in [0.4, 0.5) is 13.2 Å². The fourth-order valence-corrected chi connectivity index (χ4v) is 1.20. The Hall–Kier alpha value is -1.36. The van der Waals surface area contributed by atoms with E-state index in [1.807, 2.05) is 0 Å². The van der Waals surface area contributed by atoms with Gasteiger partial charge in [-0.1, -0.05) is 18.2 Å². The Morgan fingerprint density at radius 1 is 1.36 bits per heavy atom. The van der Waals surface area contributed by atoms with Gasteiger partial charge in [-0.3, -0.25) is 4.79 Å². The molecular weight excluding hydrogens is 197 g/mol. The molecule has 1 aromatic rings. The normalized spacial score (nSPS) is 11.4. The van der Waals surface area contributed by atoms with Gasteiger partial charge >= 0.3 is 6.18 Å². The third kappa shape index (κ3) is 1.93. The lowest BCUT2D eigenvalue weighted by atomic mass is 10.0. The maximum atomic E-state index is 12.4. The van der Waals surface area contributed by atoms with Crippen LogP contribution in [0.25, 0.3) is 0 Å². The van der Waals surface area contributed by atoms with Crippen LogP contribution in [0.5, 0.6) is 0 Å². The first-order valence-electron chi connectivity index (χ1n) is 3.76. The van der Waals surface area contributed by atoms with E-state index in [0.717, 1.165) is 12.1 Å². The molecule has 0 aliphatic carbocycles. The minimum atomic E-state index is -4.62. The summed E-state index contributed by atoms with van der Waals surface area (Å²) in [7, 11) is 0. The van der Waals surface area contributed by atoms with Gasteiger partial charge in [0.1, 0.15) is 0 Å². The number of carbonyl (C=O) groups is 1. The third-order valence-corrected chi connectivity index (χ3v) is 1.76. The van der Waals surface area contributed by atoms with Crippen LogP contribution in [0.3, 0.4) is 0 Å². The van der Waals surface area contributed by atoms with Crippen molar-refractivity contribution >= 4 is 6.29 Å². The second-order valence-electron chi connectivity index (χ2n) is 2.66. The Kier molecular flexibility index (Phi) is 2.90. The molecule has 0 bridgehead atoms. The molecule has 1 rings (SSSR count). The molecule has 0 aliphatic rings. The molecule has 0 unspecified atom stereocenters. The summed E-state index contributed by atoms with van der Waals surface area (Å²) in [6.07, 6.45) is -4.49. The summed E-state index contributed by atoms with van der Waals surface area (Å²) < 4.78 is 37.2. The number of carbonyl (C=O) groups excluding carboxylic acids is 1. The van der Waals surface area contributed by atoms with Crippen molar-refractivity contribution in [1.29, 1.82) is 0 Å². The number of rotatable bonds is 2. The molecule has 5 heteroatoms. The predicted molar refractivity (Wildman–Crippen MR) is 42.8 cm³/mol. The summed E-state index contributed by atoms with van der Waals surface area (Å²) >= 11 is 0. The molecular formula is C9H7F3O2. The van der Waals surface area contributed by atoms with Gasteiger partial charge in [-0.15, -0.1) is 0 Å². The van der Waals surface area contributed by atoms with E-state index in [2.05, 4.69) is 0 Å². The first-order valence-corrected chi connectivity index (χ1v) is 3.76. The number of benzene rings is 1. The van der Waals surface area contributed by atoms with Crippen molar-refractivity contribution in [1.82, 2.24) is 0 Å². The van der Waals surface area contributed by atoms with Crippen molar-refractivity contribution < 1.29 is 23.1 Å². The molecule has 76 valence electrons. The maximum Gasteiger partial charge on any atom is 0.417 e. The average molecular weight is 204 g/mol. The summed E-state index contributed by atoms with van der Waals surface area (Å²) in [6, 6.07) is 3.50. The number of aliphatic hydroxyl groups excluding tert-OH is 1. The van der Waals surface area contributed by atoms with Crippen molar-refractivity contribution in [2.45, 2.75) is 12.8 Å². The largest absolute Gasteiger partial charge is 0.417 e. The number of aldehydes is 1. The molecule has 0 saturated carbocycles. The second-order valence-corrected chi connectivity index (χ2v) is 2.66. The Balaban J connectivity index is 3.41. The molecule has 2 nitrogen and oxygen atoms in total. The zero-order chi connectivity index (χ0) is 10.8. The molecule has 0 spiro atoms. The Morgan fingerprint density at radius 3 is 2.43 bits per heavy atom. The first-order chi connectivity index (χ1) is 6.50. The third-order valence-electron chi connectivity index (χ3n) is 1.76. The number of halogens is 3. The zero-order valence-electron chi connectivity index (χ0n) is 7.01. The van der Waals surface area contributed by atoms with Crippen molar-refractivity contribution in [2.75, 3.05) is 0 Å². The molecule has 0 fully saturated rings. The molecule has 1 N–H and O–H groups in total. The monoisotopic (exact) mass is 204 g/mol. The lowest BCUT2D eigenvalue weighted by Crippen LogP contribution is -2.12. The number of hydrogen-bond acceptors (Lipinski definition) is 2. The summed E-state index contributed by atoms with van der Waals surface area (Å²) in [4.78, 5) is 10.4. The van der Waals surface area contributed by atoms with Crippen LogP contribution in [0.1, 0.15) is 21.5 Å². The van der Waals surface area contributed by atoms with Crippen LogP contribution in [0.15, 0.2) is 18.2 Å². The lowest BCUT2D eigenvalue weighted by molar-refractivity contribution is -0.138. The molecule has 0 aliphatic heterocycles. The summed E-state index contributed by atoms with van der Waals surface area (Å²) in [5, 5.41) is 8.69. The topological polar surface area (TPSA) is 37.3 Å². The molecule has 0 amide bonds. The SMILES string of the molecule is O=Cc1cccc(CO)c1C(F)(F)F. The molecule has 0 saturated heterocycles. The van der Waals surface area contributed by atoms with E-state index in [-0.39, 0.29) is 11.8 Å². The highest BCUT2D eigenvalue weighted by Crippen LogP contribution is 2.34. The average Bonchev–Trinajstić information content (AvgIpc) is 2.15. The van der Waals surface area contributed by atoms with E-state index in [4.69, 9.17) is 5.11 Å². The summed E-state index contributed by atoms with van der Waals surface area (Å²) in [5.41, 5.74) is -1.80. The smallest absolute Gasteiger partial charge is 0.392 e. The van der Waals surface area contributed by atoms with E-state index in [1.54, 1.807) is 0 Å². The molecule has 14 heavy (non-hydrogen) atoms. The maximum absolute atomic E-state index is 12.4. The fourth-order valence-electron chi connectivity index (χ4n) is 1.20. The van der Waals surface area contributed by atoms with Gasteiger partial charge in [0.2, 0.25) is 0 Å². The van der Waals surface area contributed by atoms with Crippen molar-refractivity contribution in [3.8, 4) is 0 Å². The van der Waals surface area contributed by atoms with Crippen LogP contribution in [-0.4, -0.2) is 11.4 Å². The van der Waals surface area contributed by atoms with Gasteiger partial charge in [-0.05, 0) is 5.56 Å². The Morgan fingerprint density at radius 2 is 2.00 bits per heavy atom. The number of hydrogen-bond donors (Lipinski definition) is 1. The zero-order valence-corrected chi connectivity index (χ0v) is 7.01. The van der Waals surface area contributed by atoms with Crippen molar-refractivity contribution in [2.24, 2.45) is 0 Å². The molecule has 0 heterocycles. The summed E-state index contributed by atoms with van der Waals surface area (Å²) in [5.74, 6) is 0. The Labute approximate surface area is 78.0 Å². The molecule has 1 aromatic carbocycles. The van der Waals surface area contributed by atoms with Gasteiger partial charge in [0.25, 0.3) is 0 Å². The Bertz CT molecular complexity index is 344. The first kappa shape index (κ1) is 10.7. The van der Waals surface area contributed by atoms with E-state index < -0.39 is 23.9 Å². The van der Waals surface area contributed by atoms with Crippen LogP contribution in [0.2, 0.25) is 0 Å². The lowest BCUT2D eigenvalue weighted by Gasteiger charge is -2.12. The number of alkyl halides is 3. The van der Waals surface area contributed by atoms with Gasteiger partial charge in [0.15, 0.2) is 6.29 Å². The van der Waals surface area contributed by atoms with Crippen molar-refractivity contribution in [3.63, 3.8) is 0 Å². The standard InChI is InChI=1S/C9H7F3O2/c10-9(11,12)8-6(4-13)2-1-3-7(8)5-14/h1-4,14H,5H2.